The fourth-order valence-electron chi connectivity index (χ4n) is 1.50. The molecule has 0 spiro atoms. The first-order chi connectivity index (χ1) is 7.99. The molecule has 0 aromatic carbocycles. The SMILES string of the molecule is CC(C)CNC(=O)C(C)N(C)CCCCCO. The molecule has 0 rings (SSSR count). The number of likely N-dealkylation sites (N-methyl/N-ethyl adjacent to an activating group) is 1. The zero-order chi connectivity index (χ0) is 13.3. The number of hydrogen-bond donors (Lipinski definition) is 2. The van der Waals surface area contributed by atoms with Crippen LogP contribution in [0.1, 0.15) is 40.0 Å². The minimum atomic E-state index is -0.0807. The molecule has 102 valence electrons. The van der Waals surface area contributed by atoms with E-state index in [1.165, 1.54) is 0 Å². The Hall–Kier alpha value is -0.610. The summed E-state index contributed by atoms with van der Waals surface area (Å²) in [6, 6.07) is -0.0807. The van der Waals surface area contributed by atoms with Gasteiger partial charge in [-0.2, -0.15) is 0 Å². The first kappa shape index (κ1) is 16.4. The molecular weight excluding hydrogens is 216 g/mol. The highest BCUT2D eigenvalue weighted by atomic mass is 16.2. The van der Waals surface area contributed by atoms with Gasteiger partial charge in [0.2, 0.25) is 5.91 Å². The quantitative estimate of drug-likeness (QED) is 0.600. The number of aliphatic hydroxyl groups is 1. The van der Waals surface area contributed by atoms with E-state index in [1.807, 2.05) is 14.0 Å². The summed E-state index contributed by atoms with van der Waals surface area (Å²) in [5.74, 6) is 0.587. The smallest absolute Gasteiger partial charge is 0.237 e. The highest BCUT2D eigenvalue weighted by Crippen LogP contribution is 2.01. The first-order valence-corrected chi connectivity index (χ1v) is 6.57. The normalized spacial score (nSPS) is 13.1. The Labute approximate surface area is 105 Å². The van der Waals surface area contributed by atoms with Gasteiger partial charge in [-0.25, -0.2) is 0 Å². The zero-order valence-corrected chi connectivity index (χ0v) is 11.7. The van der Waals surface area contributed by atoms with Crippen molar-refractivity contribution in [3.8, 4) is 0 Å². The van der Waals surface area contributed by atoms with E-state index in [4.69, 9.17) is 5.11 Å². The molecule has 0 fully saturated rings. The third-order valence-corrected chi connectivity index (χ3v) is 2.89. The molecule has 4 heteroatoms. The van der Waals surface area contributed by atoms with E-state index in [-0.39, 0.29) is 18.6 Å². The number of aliphatic hydroxyl groups excluding tert-OH is 1. The van der Waals surface area contributed by atoms with Crippen LogP contribution in [0.3, 0.4) is 0 Å². The molecule has 0 aromatic heterocycles. The van der Waals surface area contributed by atoms with Gasteiger partial charge in [0.1, 0.15) is 0 Å². The molecule has 17 heavy (non-hydrogen) atoms. The minimum absolute atomic E-state index is 0.0807. The molecule has 0 bridgehead atoms. The summed E-state index contributed by atoms with van der Waals surface area (Å²) in [6.45, 7) is 8.00. The van der Waals surface area contributed by atoms with Crippen LogP contribution < -0.4 is 5.32 Å². The second-order valence-corrected chi connectivity index (χ2v) is 5.08. The molecule has 0 aliphatic carbocycles. The molecule has 1 atom stereocenters. The van der Waals surface area contributed by atoms with Gasteiger partial charge in [-0.3, -0.25) is 9.69 Å². The average Bonchev–Trinajstić information content (AvgIpc) is 2.30. The molecule has 0 saturated carbocycles. The molecule has 4 nitrogen and oxygen atoms in total. The largest absolute Gasteiger partial charge is 0.396 e. The second-order valence-electron chi connectivity index (χ2n) is 5.08. The number of amides is 1. The van der Waals surface area contributed by atoms with Crippen molar-refractivity contribution in [1.29, 1.82) is 0 Å². The van der Waals surface area contributed by atoms with Gasteiger partial charge in [0, 0.05) is 13.2 Å². The van der Waals surface area contributed by atoms with Gasteiger partial charge in [-0.1, -0.05) is 13.8 Å². The van der Waals surface area contributed by atoms with Crippen molar-refractivity contribution in [3.63, 3.8) is 0 Å². The van der Waals surface area contributed by atoms with Crippen LogP contribution in [-0.2, 0) is 4.79 Å². The summed E-state index contributed by atoms with van der Waals surface area (Å²) in [5.41, 5.74) is 0. The summed E-state index contributed by atoms with van der Waals surface area (Å²) in [7, 11) is 1.97. The molecule has 1 unspecified atom stereocenters. The highest BCUT2D eigenvalue weighted by Gasteiger charge is 2.17. The van der Waals surface area contributed by atoms with Crippen LogP contribution in [0.25, 0.3) is 0 Å². The van der Waals surface area contributed by atoms with Crippen molar-refractivity contribution < 1.29 is 9.90 Å². The Morgan fingerprint density at radius 1 is 1.24 bits per heavy atom. The lowest BCUT2D eigenvalue weighted by molar-refractivity contribution is -0.125. The van der Waals surface area contributed by atoms with E-state index in [1.54, 1.807) is 0 Å². The molecule has 0 heterocycles. The maximum atomic E-state index is 11.8. The van der Waals surface area contributed by atoms with Gasteiger partial charge in [0.05, 0.1) is 6.04 Å². The fourth-order valence-corrected chi connectivity index (χ4v) is 1.50. The van der Waals surface area contributed by atoms with Gasteiger partial charge in [-0.05, 0) is 45.7 Å². The number of nitrogens with one attached hydrogen (secondary N) is 1. The zero-order valence-electron chi connectivity index (χ0n) is 11.7. The highest BCUT2D eigenvalue weighted by molar-refractivity contribution is 5.81. The molecule has 0 saturated heterocycles. The van der Waals surface area contributed by atoms with Gasteiger partial charge in [-0.15, -0.1) is 0 Å². The summed E-state index contributed by atoms with van der Waals surface area (Å²) in [4.78, 5) is 13.8. The second kappa shape index (κ2) is 9.42. The van der Waals surface area contributed by atoms with Crippen LogP contribution in [-0.4, -0.2) is 48.7 Å². The molecule has 1 amide bonds. The Balaban J connectivity index is 3.78. The summed E-state index contributed by atoms with van der Waals surface area (Å²) in [6.07, 6.45) is 2.89. The number of rotatable bonds is 9. The van der Waals surface area contributed by atoms with E-state index in [0.29, 0.717) is 5.92 Å². The molecule has 0 aliphatic rings. The Kier molecular flexibility index (Phi) is 9.09. The van der Waals surface area contributed by atoms with E-state index in [0.717, 1.165) is 32.4 Å². The van der Waals surface area contributed by atoms with Crippen LogP contribution in [0, 0.1) is 5.92 Å². The number of unbranched alkanes of at least 4 members (excludes halogenated alkanes) is 2. The van der Waals surface area contributed by atoms with Crippen LogP contribution >= 0.6 is 0 Å². The summed E-state index contributed by atoms with van der Waals surface area (Å²) < 4.78 is 0. The lowest BCUT2D eigenvalue weighted by atomic mass is 10.2. The van der Waals surface area contributed by atoms with Gasteiger partial charge in [0.15, 0.2) is 0 Å². The van der Waals surface area contributed by atoms with Crippen LogP contribution in [0.4, 0.5) is 0 Å². The average molecular weight is 244 g/mol. The minimum Gasteiger partial charge on any atom is -0.396 e. The lowest BCUT2D eigenvalue weighted by Gasteiger charge is -2.24. The van der Waals surface area contributed by atoms with Crippen molar-refractivity contribution in [3.05, 3.63) is 0 Å². The monoisotopic (exact) mass is 244 g/mol. The first-order valence-electron chi connectivity index (χ1n) is 6.57. The standard InChI is InChI=1S/C13H28N2O2/c1-11(2)10-14-13(17)12(3)15(4)8-6-5-7-9-16/h11-12,16H,5-10H2,1-4H3,(H,14,17). The predicted octanol–water partition coefficient (Wildman–Crippen LogP) is 1.24. The Morgan fingerprint density at radius 2 is 1.88 bits per heavy atom. The van der Waals surface area contributed by atoms with Crippen LogP contribution in [0.2, 0.25) is 0 Å². The summed E-state index contributed by atoms with van der Waals surface area (Å²) in [5, 5.41) is 11.6. The summed E-state index contributed by atoms with van der Waals surface area (Å²) >= 11 is 0. The van der Waals surface area contributed by atoms with Crippen molar-refractivity contribution >= 4 is 5.91 Å². The number of carbonyl (C=O) groups excluding carboxylic acids is 1. The molecule has 0 aromatic rings. The fraction of sp³-hybridized carbons (Fsp3) is 0.923. The van der Waals surface area contributed by atoms with E-state index in [9.17, 15) is 4.79 Å². The van der Waals surface area contributed by atoms with Crippen molar-refractivity contribution in [2.45, 2.75) is 46.1 Å². The molecule has 2 N–H and O–H groups in total. The van der Waals surface area contributed by atoms with Crippen LogP contribution in [0.5, 0.6) is 0 Å². The van der Waals surface area contributed by atoms with Crippen molar-refractivity contribution in [1.82, 2.24) is 10.2 Å². The number of hydrogen-bond acceptors (Lipinski definition) is 3. The van der Waals surface area contributed by atoms with Gasteiger partial charge < -0.3 is 10.4 Å². The molecule has 0 radical (unpaired) electrons. The third kappa shape index (κ3) is 8.16. The van der Waals surface area contributed by atoms with Crippen LogP contribution in [0.15, 0.2) is 0 Å². The van der Waals surface area contributed by atoms with E-state index < -0.39 is 0 Å². The van der Waals surface area contributed by atoms with E-state index >= 15 is 0 Å². The van der Waals surface area contributed by atoms with Gasteiger partial charge in [0.25, 0.3) is 0 Å². The molecule has 0 aliphatic heterocycles. The lowest BCUT2D eigenvalue weighted by Crippen LogP contribution is -2.44. The van der Waals surface area contributed by atoms with Gasteiger partial charge >= 0.3 is 0 Å². The number of nitrogens with zero attached hydrogens (tertiary/aromatic N) is 1. The van der Waals surface area contributed by atoms with Crippen molar-refractivity contribution in [2.24, 2.45) is 5.92 Å². The predicted molar refractivity (Wildman–Crippen MR) is 70.9 cm³/mol. The Morgan fingerprint density at radius 3 is 2.41 bits per heavy atom. The number of carbonyl (C=O) groups is 1. The van der Waals surface area contributed by atoms with Crippen molar-refractivity contribution in [2.75, 3.05) is 26.7 Å². The topological polar surface area (TPSA) is 52.6 Å². The Bertz CT molecular complexity index is 208. The third-order valence-electron chi connectivity index (χ3n) is 2.89. The molecular formula is C13H28N2O2. The maximum Gasteiger partial charge on any atom is 0.237 e. The van der Waals surface area contributed by atoms with E-state index in [2.05, 4.69) is 24.1 Å². The maximum absolute atomic E-state index is 11.8.